The summed E-state index contributed by atoms with van der Waals surface area (Å²) >= 11 is 0. The van der Waals surface area contributed by atoms with Gasteiger partial charge in [0.05, 0.1) is 11.6 Å². The minimum absolute atomic E-state index is 0.459. The first-order valence-electron chi connectivity index (χ1n) is 6.74. The highest BCUT2D eigenvalue weighted by Gasteiger charge is 2.04. The molecule has 0 unspecified atom stereocenters. The minimum atomic E-state index is 0.459. The van der Waals surface area contributed by atoms with Crippen molar-refractivity contribution in [2.75, 3.05) is 0 Å². The van der Waals surface area contributed by atoms with Crippen LogP contribution in [0.1, 0.15) is 16.8 Å². The maximum atomic E-state index is 8.79. The van der Waals surface area contributed by atoms with Crippen molar-refractivity contribution in [3.8, 4) is 11.8 Å². The SMILES string of the molecule is Cc1ccc2cccc(OCc3ccc(C#N)cc3)c2n1. The first kappa shape index (κ1) is 13.1. The zero-order chi connectivity index (χ0) is 14.7. The first-order valence-corrected chi connectivity index (χ1v) is 6.74. The van der Waals surface area contributed by atoms with Crippen LogP contribution in [0.2, 0.25) is 0 Å². The topological polar surface area (TPSA) is 45.9 Å². The Morgan fingerprint density at radius 1 is 1.05 bits per heavy atom. The van der Waals surface area contributed by atoms with Crippen LogP contribution in [0, 0.1) is 18.3 Å². The Kier molecular flexibility index (Phi) is 3.53. The van der Waals surface area contributed by atoms with Crippen LogP contribution in [0.25, 0.3) is 10.9 Å². The number of para-hydroxylation sites is 1. The molecule has 2 aromatic carbocycles. The molecule has 102 valence electrons. The highest BCUT2D eigenvalue weighted by Crippen LogP contribution is 2.24. The zero-order valence-corrected chi connectivity index (χ0v) is 11.7. The molecular formula is C18H14N2O. The van der Waals surface area contributed by atoms with Crippen LogP contribution in [0.3, 0.4) is 0 Å². The smallest absolute Gasteiger partial charge is 0.146 e. The molecule has 3 rings (SSSR count). The summed E-state index contributed by atoms with van der Waals surface area (Å²) < 4.78 is 5.89. The molecule has 0 fully saturated rings. The van der Waals surface area contributed by atoms with Gasteiger partial charge in [0, 0.05) is 11.1 Å². The normalized spacial score (nSPS) is 10.3. The van der Waals surface area contributed by atoms with Gasteiger partial charge in [0.15, 0.2) is 0 Å². The van der Waals surface area contributed by atoms with E-state index in [-0.39, 0.29) is 0 Å². The van der Waals surface area contributed by atoms with Crippen LogP contribution in [0.5, 0.6) is 5.75 Å². The van der Waals surface area contributed by atoms with Crippen LogP contribution < -0.4 is 4.74 Å². The summed E-state index contributed by atoms with van der Waals surface area (Å²) in [6.07, 6.45) is 0. The summed E-state index contributed by atoms with van der Waals surface area (Å²) in [6.45, 7) is 2.43. The van der Waals surface area contributed by atoms with Crippen molar-refractivity contribution in [1.29, 1.82) is 5.26 Å². The number of nitriles is 1. The largest absolute Gasteiger partial charge is 0.487 e. The van der Waals surface area contributed by atoms with E-state index >= 15 is 0 Å². The summed E-state index contributed by atoms with van der Waals surface area (Å²) in [5.41, 5.74) is 3.53. The monoisotopic (exact) mass is 274 g/mol. The molecule has 0 radical (unpaired) electrons. The molecule has 0 bridgehead atoms. The van der Waals surface area contributed by atoms with E-state index in [9.17, 15) is 0 Å². The Balaban J connectivity index is 1.84. The van der Waals surface area contributed by atoms with Gasteiger partial charge in [-0.15, -0.1) is 0 Å². The molecule has 0 spiro atoms. The molecule has 3 aromatic rings. The van der Waals surface area contributed by atoms with Crippen molar-refractivity contribution in [3.05, 3.63) is 71.4 Å². The highest BCUT2D eigenvalue weighted by molar-refractivity contribution is 5.84. The molecule has 21 heavy (non-hydrogen) atoms. The summed E-state index contributed by atoms with van der Waals surface area (Å²) in [5.74, 6) is 0.778. The van der Waals surface area contributed by atoms with E-state index in [0.29, 0.717) is 12.2 Å². The Bertz CT molecular complexity index is 817. The van der Waals surface area contributed by atoms with Gasteiger partial charge in [-0.2, -0.15) is 5.26 Å². The lowest BCUT2D eigenvalue weighted by atomic mass is 10.1. The minimum Gasteiger partial charge on any atom is -0.487 e. The number of ether oxygens (including phenoxy) is 1. The highest BCUT2D eigenvalue weighted by atomic mass is 16.5. The van der Waals surface area contributed by atoms with Crippen LogP contribution >= 0.6 is 0 Å². The summed E-state index contributed by atoms with van der Waals surface area (Å²) in [6, 6.07) is 19.5. The van der Waals surface area contributed by atoms with Crippen molar-refractivity contribution in [2.45, 2.75) is 13.5 Å². The van der Waals surface area contributed by atoms with Gasteiger partial charge in [0.2, 0.25) is 0 Å². The van der Waals surface area contributed by atoms with Crippen molar-refractivity contribution in [1.82, 2.24) is 4.98 Å². The van der Waals surface area contributed by atoms with Gasteiger partial charge in [-0.1, -0.05) is 30.3 Å². The van der Waals surface area contributed by atoms with E-state index in [1.807, 2.05) is 49.4 Å². The van der Waals surface area contributed by atoms with Gasteiger partial charge in [-0.05, 0) is 36.8 Å². The molecule has 0 aliphatic carbocycles. The second-order valence-electron chi connectivity index (χ2n) is 4.88. The fourth-order valence-electron chi connectivity index (χ4n) is 2.17. The molecule has 0 amide bonds. The van der Waals surface area contributed by atoms with Crippen LogP contribution in [0.4, 0.5) is 0 Å². The molecule has 3 nitrogen and oxygen atoms in total. The molecule has 0 atom stereocenters. The van der Waals surface area contributed by atoms with Crippen molar-refractivity contribution >= 4 is 10.9 Å². The van der Waals surface area contributed by atoms with E-state index in [4.69, 9.17) is 10.00 Å². The second-order valence-corrected chi connectivity index (χ2v) is 4.88. The number of hydrogen-bond donors (Lipinski definition) is 0. The first-order chi connectivity index (χ1) is 10.3. The number of hydrogen-bond acceptors (Lipinski definition) is 3. The van der Waals surface area contributed by atoms with Crippen molar-refractivity contribution < 1.29 is 4.74 Å². The van der Waals surface area contributed by atoms with E-state index in [1.54, 1.807) is 12.1 Å². The lowest BCUT2D eigenvalue weighted by molar-refractivity contribution is 0.309. The Hall–Kier alpha value is -2.86. The Morgan fingerprint density at radius 2 is 1.86 bits per heavy atom. The number of benzene rings is 2. The molecule has 0 aliphatic rings. The van der Waals surface area contributed by atoms with Gasteiger partial charge < -0.3 is 4.74 Å². The van der Waals surface area contributed by atoms with Crippen molar-refractivity contribution in [2.24, 2.45) is 0 Å². The van der Waals surface area contributed by atoms with Crippen molar-refractivity contribution in [3.63, 3.8) is 0 Å². The maximum Gasteiger partial charge on any atom is 0.146 e. The number of fused-ring (bicyclic) bond motifs is 1. The number of rotatable bonds is 3. The average Bonchev–Trinajstić information content (AvgIpc) is 2.53. The number of aromatic nitrogens is 1. The van der Waals surface area contributed by atoms with Gasteiger partial charge in [-0.3, -0.25) is 0 Å². The van der Waals surface area contributed by atoms with Gasteiger partial charge in [-0.25, -0.2) is 4.98 Å². The quantitative estimate of drug-likeness (QED) is 0.725. The maximum absolute atomic E-state index is 8.79. The third kappa shape index (κ3) is 2.85. The molecule has 1 aromatic heterocycles. The standard InChI is InChI=1S/C18H14N2O/c1-13-5-10-16-3-2-4-17(18(16)20-13)21-12-15-8-6-14(11-19)7-9-15/h2-10H,12H2,1H3. The second kappa shape index (κ2) is 5.64. The number of aryl methyl sites for hydroxylation is 1. The third-order valence-electron chi connectivity index (χ3n) is 3.30. The van der Waals surface area contributed by atoms with Gasteiger partial charge in [0.25, 0.3) is 0 Å². The summed E-state index contributed by atoms with van der Waals surface area (Å²) in [5, 5.41) is 9.86. The van der Waals surface area contributed by atoms with Gasteiger partial charge >= 0.3 is 0 Å². The van der Waals surface area contributed by atoms with Crippen LogP contribution in [-0.2, 0) is 6.61 Å². The van der Waals surface area contributed by atoms with E-state index in [2.05, 4.69) is 11.1 Å². The molecule has 1 heterocycles. The average molecular weight is 274 g/mol. The molecule has 0 saturated carbocycles. The number of nitrogens with zero attached hydrogens (tertiary/aromatic N) is 2. The Morgan fingerprint density at radius 3 is 2.62 bits per heavy atom. The molecule has 0 saturated heterocycles. The predicted molar refractivity (Wildman–Crippen MR) is 82.0 cm³/mol. The predicted octanol–water partition coefficient (Wildman–Crippen LogP) is 3.99. The van der Waals surface area contributed by atoms with Crippen LogP contribution in [0.15, 0.2) is 54.6 Å². The van der Waals surface area contributed by atoms with Crippen LogP contribution in [-0.4, -0.2) is 4.98 Å². The molecule has 0 N–H and O–H groups in total. The summed E-state index contributed by atoms with van der Waals surface area (Å²) in [7, 11) is 0. The Labute approximate surface area is 123 Å². The van der Waals surface area contributed by atoms with Gasteiger partial charge in [0.1, 0.15) is 17.9 Å². The molecule has 0 aliphatic heterocycles. The third-order valence-corrected chi connectivity index (χ3v) is 3.30. The van der Waals surface area contributed by atoms with E-state index in [1.165, 1.54) is 0 Å². The lowest BCUT2D eigenvalue weighted by Gasteiger charge is -2.09. The molecular weight excluding hydrogens is 260 g/mol. The lowest BCUT2D eigenvalue weighted by Crippen LogP contribution is -1.97. The molecule has 3 heteroatoms. The summed E-state index contributed by atoms with van der Waals surface area (Å²) in [4.78, 5) is 4.55. The van der Waals surface area contributed by atoms with E-state index < -0.39 is 0 Å². The fraction of sp³-hybridized carbons (Fsp3) is 0.111. The van der Waals surface area contributed by atoms with E-state index in [0.717, 1.165) is 27.9 Å². The zero-order valence-electron chi connectivity index (χ0n) is 11.7. The number of pyridine rings is 1. The fourth-order valence-corrected chi connectivity index (χ4v) is 2.17.